The van der Waals surface area contributed by atoms with Crippen LogP contribution in [0.4, 0.5) is 5.69 Å². The number of β-amino-alcohol motifs (C(OH)–C–C–N with tert-alkyl or cyclic N) is 1. The largest absolute Gasteiger partial charge is 0.493 e. The van der Waals surface area contributed by atoms with Crippen LogP contribution in [0.2, 0.25) is 0 Å². The van der Waals surface area contributed by atoms with Crippen LogP contribution in [0.1, 0.15) is 10.4 Å². The number of nitrogens with zero attached hydrogens (tertiary/aromatic N) is 2. The van der Waals surface area contributed by atoms with Crippen molar-refractivity contribution < 1.29 is 19.4 Å². The number of rotatable bonds is 5. The Morgan fingerprint density at radius 1 is 1.23 bits per heavy atom. The molecule has 1 heterocycles. The summed E-state index contributed by atoms with van der Waals surface area (Å²) >= 11 is 0. The molecule has 1 amide bonds. The first-order valence-electron chi connectivity index (χ1n) is 7.24. The Kier molecular flexibility index (Phi) is 5.46. The van der Waals surface area contributed by atoms with Crippen LogP contribution in [0, 0.1) is 0 Å². The zero-order chi connectivity index (χ0) is 16.1. The van der Waals surface area contributed by atoms with Gasteiger partial charge in [-0.2, -0.15) is 0 Å². The topological polar surface area (TPSA) is 88.3 Å². The number of ether oxygens (including phenoxy) is 2. The number of hydrogen-bond donors (Lipinski definition) is 2. The number of piperazine rings is 1. The molecule has 1 aromatic rings. The highest BCUT2D eigenvalue weighted by Gasteiger charge is 2.26. The smallest absolute Gasteiger partial charge is 0.257 e. The molecule has 1 aliphatic heterocycles. The maximum absolute atomic E-state index is 12.7. The normalized spacial score (nSPS) is 15.7. The second-order valence-electron chi connectivity index (χ2n) is 5.16. The number of carbonyl (C=O) groups is 1. The van der Waals surface area contributed by atoms with E-state index in [1.807, 2.05) is 0 Å². The van der Waals surface area contributed by atoms with Crippen LogP contribution in [0.5, 0.6) is 11.5 Å². The van der Waals surface area contributed by atoms with E-state index in [0.29, 0.717) is 42.4 Å². The highest BCUT2D eigenvalue weighted by Crippen LogP contribution is 2.34. The standard InChI is InChI=1S/C15H23N3O4/c1-21-13-10-11(16)9-12(14(13)22-2)15(20)18-5-3-17(4-6-18)7-8-19/h9-10,19H,3-8,16H2,1-2H3. The molecule has 0 aliphatic carbocycles. The Balaban J connectivity index is 2.18. The summed E-state index contributed by atoms with van der Waals surface area (Å²) < 4.78 is 10.6. The highest BCUT2D eigenvalue weighted by atomic mass is 16.5. The lowest BCUT2D eigenvalue weighted by molar-refractivity contribution is 0.0611. The second kappa shape index (κ2) is 7.33. The third-order valence-electron chi connectivity index (χ3n) is 3.81. The molecule has 7 nitrogen and oxygen atoms in total. The van der Waals surface area contributed by atoms with E-state index in [4.69, 9.17) is 20.3 Å². The Labute approximate surface area is 130 Å². The van der Waals surface area contributed by atoms with E-state index in [9.17, 15) is 4.79 Å². The van der Waals surface area contributed by atoms with E-state index in [1.54, 1.807) is 17.0 Å². The molecule has 0 unspecified atom stereocenters. The molecule has 0 aromatic heterocycles. The zero-order valence-corrected chi connectivity index (χ0v) is 13.0. The van der Waals surface area contributed by atoms with Gasteiger partial charge in [0.15, 0.2) is 11.5 Å². The van der Waals surface area contributed by atoms with Gasteiger partial charge >= 0.3 is 0 Å². The number of aliphatic hydroxyl groups is 1. The molecule has 1 fully saturated rings. The lowest BCUT2D eigenvalue weighted by atomic mass is 10.1. The van der Waals surface area contributed by atoms with Crippen LogP contribution < -0.4 is 15.2 Å². The summed E-state index contributed by atoms with van der Waals surface area (Å²) in [5.74, 6) is 0.732. The average molecular weight is 309 g/mol. The van der Waals surface area contributed by atoms with Gasteiger partial charge in [0.25, 0.3) is 5.91 Å². The molecule has 0 bridgehead atoms. The highest BCUT2D eigenvalue weighted by molar-refractivity contribution is 5.99. The molecular weight excluding hydrogens is 286 g/mol. The predicted octanol–water partition coefficient (Wildman–Crippen LogP) is 0.0361. The maximum Gasteiger partial charge on any atom is 0.257 e. The van der Waals surface area contributed by atoms with E-state index >= 15 is 0 Å². The molecule has 0 atom stereocenters. The number of hydrogen-bond acceptors (Lipinski definition) is 6. The molecule has 122 valence electrons. The lowest BCUT2D eigenvalue weighted by Gasteiger charge is -2.34. The monoisotopic (exact) mass is 309 g/mol. The van der Waals surface area contributed by atoms with Crippen molar-refractivity contribution in [3.63, 3.8) is 0 Å². The fourth-order valence-electron chi connectivity index (χ4n) is 2.63. The Morgan fingerprint density at radius 2 is 1.91 bits per heavy atom. The van der Waals surface area contributed by atoms with Gasteiger partial charge in [0.1, 0.15) is 0 Å². The van der Waals surface area contributed by atoms with Crippen molar-refractivity contribution in [3.05, 3.63) is 17.7 Å². The van der Waals surface area contributed by atoms with E-state index in [0.717, 1.165) is 13.1 Å². The fraction of sp³-hybridized carbons (Fsp3) is 0.533. The minimum Gasteiger partial charge on any atom is -0.493 e. The molecule has 0 radical (unpaired) electrons. The second-order valence-corrected chi connectivity index (χ2v) is 5.16. The number of aliphatic hydroxyl groups excluding tert-OH is 1. The molecular formula is C15H23N3O4. The molecule has 0 saturated carbocycles. The summed E-state index contributed by atoms with van der Waals surface area (Å²) in [7, 11) is 3.02. The molecule has 2 rings (SSSR count). The van der Waals surface area contributed by atoms with E-state index < -0.39 is 0 Å². The number of amides is 1. The Bertz CT molecular complexity index is 528. The van der Waals surface area contributed by atoms with Crippen molar-refractivity contribution in [1.29, 1.82) is 0 Å². The average Bonchev–Trinajstić information content (AvgIpc) is 2.54. The van der Waals surface area contributed by atoms with Crippen molar-refractivity contribution in [3.8, 4) is 11.5 Å². The number of carbonyl (C=O) groups excluding carboxylic acids is 1. The summed E-state index contributed by atoms with van der Waals surface area (Å²) in [4.78, 5) is 16.6. The minimum atomic E-state index is -0.119. The van der Waals surface area contributed by atoms with Crippen LogP contribution in [-0.2, 0) is 0 Å². The van der Waals surface area contributed by atoms with Crippen molar-refractivity contribution in [2.45, 2.75) is 0 Å². The van der Waals surface area contributed by atoms with Crippen molar-refractivity contribution in [2.75, 3.05) is 59.3 Å². The first kappa shape index (κ1) is 16.4. The number of benzene rings is 1. The molecule has 7 heteroatoms. The predicted molar refractivity (Wildman–Crippen MR) is 83.4 cm³/mol. The zero-order valence-electron chi connectivity index (χ0n) is 13.0. The quantitative estimate of drug-likeness (QED) is 0.747. The summed E-state index contributed by atoms with van der Waals surface area (Å²) in [6.45, 7) is 3.48. The van der Waals surface area contributed by atoms with Crippen molar-refractivity contribution in [1.82, 2.24) is 9.80 Å². The maximum atomic E-state index is 12.7. The minimum absolute atomic E-state index is 0.119. The van der Waals surface area contributed by atoms with E-state index in [2.05, 4.69) is 4.90 Å². The Morgan fingerprint density at radius 3 is 2.45 bits per heavy atom. The number of nitrogen functional groups attached to an aromatic ring is 1. The molecule has 1 aliphatic rings. The number of nitrogens with two attached hydrogens (primary N) is 1. The molecule has 3 N–H and O–H groups in total. The van der Waals surface area contributed by atoms with Gasteiger partial charge in [0.05, 0.1) is 26.4 Å². The van der Waals surface area contributed by atoms with Crippen LogP contribution >= 0.6 is 0 Å². The van der Waals surface area contributed by atoms with Crippen molar-refractivity contribution in [2.24, 2.45) is 0 Å². The molecule has 1 aromatic carbocycles. The first-order chi connectivity index (χ1) is 10.6. The van der Waals surface area contributed by atoms with Gasteiger partial charge in [-0.05, 0) is 6.07 Å². The first-order valence-corrected chi connectivity index (χ1v) is 7.24. The Hall–Kier alpha value is -1.99. The summed E-state index contributed by atoms with van der Waals surface area (Å²) in [5, 5.41) is 8.96. The van der Waals surface area contributed by atoms with Crippen LogP contribution in [0.15, 0.2) is 12.1 Å². The van der Waals surface area contributed by atoms with Gasteiger partial charge in [-0.1, -0.05) is 0 Å². The lowest BCUT2D eigenvalue weighted by Crippen LogP contribution is -2.49. The third-order valence-corrected chi connectivity index (χ3v) is 3.81. The van der Waals surface area contributed by atoms with Gasteiger partial charge < -0.3 is 25.2 Å². The molecule has 1 saturated heterocycles. The molecule has 22 heavy (non-hydrogen) atoms. The summed E-state index contributed by atoms with van der Waals surface area (Å²) in [5.41, 5.74) is 6.72. The fourth-order valence-corrected chi connectivity index (χ4v) is 2.63. The van der Waals surface area contributed by atoms with Gasteiger partial charge in [-0.3, -0.25) is 9.69 Å². The summed E-state index contributed by atoms with van der Waals surface area (Å²) in [6.07, 6.45) is 0. The van der Waals surface area contributed by atoms with Crippen molar-refractivity contribution >= 4 is 11.6 Å². The number of methoxy groups -OCH3 is 2. The van der Waals surface area contributed by atoms with E-state index in [-0.39, 0.29) is 12.5 Å². The van der Waals surface area contributed by atoms with Gasteiger partial charge in [-0.15, -0.1) is 0 Å². The van der Waals surface area contributed by atoms with Gasteiger partial charge in [0.2, 0.25) is 0 Å². The van der Waals surface area contributed by atoms with Crippen LogP contribution in [0.25, 0.3) is 0 Å². The van der Waals surface area contributed by atoms with Crippen LogP contribution in [-0.4, -0.2) is 74.4 Å². The summed E-state index contributed by atoms with van der Waals surface area (Å²) in [6, 6.07) is 3.25. The SMILES string of the molecule is COc1cc(N)cc(C(=O)N2CCN(CCO)CC2)c1OC. The van der Waals surface area contributed by atoms with Crippen LogP contribution in [0.3, 0.4) is 0 Å². The molecule has 0 spiro atoms. The number of anilines is 1. The van der Waals surface area contributed by atoms with E-state index in [1.165, 1.54) is 14.2 Å². The van der Waals surface area contributed by atoms with Gasteiger partial charge in [0, 0.05) is 44.5 Å². The van der Waals surface area contributed by atoms with Gasteiger partial charge in [-0.25, -0.2) is 0 Å². The third kappa shape index (κ3) is 3.42.